The normalized spacial score (nSPS) is 14.9. The summed E-state index contributed by atoms with van der Waals surface area (Å²) in [5.74, 6) is 0.529. The number of Topliss-reactive ketones (excluding diaryl/α,β-unsaturated/α-hetero) is 1. The van der Waals surface area contributed by atoms with Gasteiger partial charge < -0.3 is 19.2 Å². The molecule has 0 heterocycles. The van der Waals surface area contributed by atoms with Gasteiger partial charge in [0, 0.05) is 5.56 Å². The highest BCUT2D eigenvalue weighted by molar-refractivity contribution is 6.74. The minimum atomic E-state index is -2.12. The molecule has 1 amide bonds. The Morgan fingerprint density at radius 2 is 1.67 bits per heavy atom. The molecule has 1 saturated carbocycles. The molecule has 1 atom stereocenters. The van der Waals surface area contributed by atoms with Crippen molar-refractivity contribution in [1.29, 1.82) is 0 Å². The van der Waals surface area contributed by atoms with Gasteiger partial charge in [0.25, 0.3) is 0 Å². The van der Waals surface area contributed by atoms with Gasteiger partial charge in [-0.1, -0.05) is 51.1 Å². The molecular weight excluding hydrogens is 434 g/mol. The molecule has 0 saturated heterocycles. The maximum Gasteiger partial charge on any atom is 0.408 e. The summed E-state index contributed by atoms with van der Waals surface area (Å²) in [4.78, 5) is 25.8. The second-order valence-electron chi connectivity index (χ2n) is 10.0. The summed E-state index contributed by atoms with van der Waals surface area (Å²) >= 11 is 0. The zero-order valence-corrected chi connectivity index (χ0v) is 21.2. The number of hydrogen-bond acceptors (Lipinski definition) is 5. The second-order valence-corrected chi connectivity index (χ2v) is 14.8. The monoisotopic (exact) mass is 469 g/mol. The lowest BCUT2D eigenvalue weighted by Gasteiger charge is -2.37. The van der Waals surface area contributed by atoms with Gasteiger partial charge in [0.2, 0.25) is 0 Å². The van der Waals surface area contributed by atoms with E-state index in [0.29, 0.717) is 11.7 Å². The van der Waals surface area contributed by atoms with Crippen LogP contribution in [0.15, 0.2) is 54.6 Å². The van der Waals surface area contributed by atoms with Crippen LogP contribution in [0.25, 0.3) is 0 Å². The molecule has 0 spiro atoms. The van der Waals surface area contributed by atoms with E-state index in [9.17, 15) is 9.59 Å². The molecule has 2 aromatic carbocycles. The number of nitrogens with one attached hydrogen (secondary N) is 1. The third-order valence-corrected chi connectivity index (χ3v) is 10.7. The van der Waals surface area contributed by atoms with E-state index in [2.05, 4.69) is 39.2 Å². The molecule has 1 fully saturated rings. The lowest BCUT2D eigenvalue weighted by Crippen LogP contribution is -2.49. The first kappa shape index (κ1) is 25.0. The highest BCUT2D eigenvalue weighted by Gasteiger charge is 2.38. The van der Waals surface area contributed by atoms with Crippen molar-refractivity contribution in [1.82, 2.24) is 5.32 Å². The van der Waals surface area contributed by atoms with Crippen molar-refractivity contribution < 1.29 is 23.5 Å². The largest absolute Gasteiger partial charge is 0.490 e. The number of alkyl carbamates (subject to hydrolysis) is 1. The molecule has 1 N–H and O–H groups in total. The van der Waals surface area contributed by atoms with E-state index >= 15 is 0 Å². The maximum absolute atomic E-state index is 13.3. The zero-order chi connectivity index (χ0) is 24.1. The quantitative estimate of drug-likeness (QED) is 0.355. The van der Waals surface area contributed by atoms with E-state index in [1.807, 2.05) is 30.3 Å². The van der Waals surface area contributed by atoms with Crippen LogP contribution in [0, 0.1) is 0 Å². The second kappa shape index (κ2) is 10.5. The molecule has 0 aliphatic heterocycles. The zero-order valence-electron chi connectivity index (χ0n) is 20.2. The summed E-state index contributed by atoms with van der Waals surface area (Å²) in [5.41, 5.74) is 1.37. The Morgan fingerprint density at radius 1 is 1.03 bits per heavy atom. The maximum atomic E-state index is 13.3. The number of ketones is 1. The molecule has 0 bridgehead atoms. The first-order valence-corrected chi connectivity index (χ1v) is 14.4. The first-order valence-electron chi connectivity index (χ1n) is 11.5. The molecule has 1 aliphatic rings. The summed E-state index contributed by atoms with van der Waals surface area (Å²) in [7, 11) is -2.12. The Morgan fingerprint density at radius 3 is 2.24 bits per heavy atom. The van der Waals surface area contributed by atoms with E-state index < -0.39 is 20.5 Å². The molecule has 178 valence electrons. The van der Waals surface area contributed by atoms with Crippen LogP contribution in [0.5, 0.6) is 5.75 Å². The predicted molar refractivity (Wildman–Crippen MR) is 131 cm³/mol. The number of amides is 1. The average molecular weight is 470 g/mol. The molecule has 0 aromatic heterocycles. The summed E-state index contributed by atoms with van der Waals surface area (Å²) in [6.45, 7) is 10.9. The Balaban J connectivity index is 1.67. The topological polar surface area (TPSA) is 73.9 Å². The van der Waals surface area contributed by atoms with Crippen LogP contribution in [0.2, 0.25) is 18.1 Å². The molecule has 3 rings (SSSR count). The Hall–Kier alpha value is -2.64. The molecule has 0 unspecified atom stereocenters. The number of carbonyl (C=O) groups is 2. The van der Waals surface area contributed by atoms with Crippen molar-refractivity contribution >= 4 is 20.2 Å². The van der Waals surface area contributed by atoms with Gasteiger partial charge in [0.1, 0.15) is 18.4 Å². The Kier molecular flexibility index (Phi) is 7.97. The van der Waals surface area contributed by atoms with Crippen molar-refractivity contribution in [2.45, 2.75) is 70.5 Å². The van der Waals surface area contributed by atoms with Crippen molar-refractivity contribution in [2.75, 3.05) is 6.61 Å². The Labute approximate surface area is 197 Å². The Bertz CT molecular complexity index is 933. The van der Waals surface area contributed by atoms with Crippen LogP contribution in [0.1, 0.15) is 49.5 Å². The summed E-state index contributed by atoms with van der Waals surface area (Å²) < 4.78 is 17.4. The number of benzene rings is 2. The minimum absolute atomic E-state index is 0.0176. The average Bonchev–Trinajstić information content (AvgIpc) is 3.59. The van der Waals surface area contributed by atoms with Gasteiger partial charge in [0.05, 0.1) is 12.7 Å². The fourth-order valence-corrected chi connectivity index (χ4v) is 3.89. The van der Waals surface area contributed by atoms with Crippen LogP contribution in [0.3, 0.4) is 0 Å². The standard InChI is InChI=1S/C26H35NO5Si/c1-26(2,3)33(4,5)31-18-23(27-25(29)30-17-19-9-7-6-8-10-19)24(28)20-11-13-21(14-12-20)32-22-15-16-22/h6-14,22-23H,15-18H2,1-5H3,(H,27,29)/t23-/m1/s1. The summed E-state index contributed by atoms with van der Waals surface area (Å²) in [6, 6.07) is 15.6. The number of hydrogen-bond donors (Lipinski definition) is 1. The minimum Gasteiger partial charge on any atom is -0.490 e. The lowest BCUT2D eigenvalue weighted by molar-refractivity contribution is 0.0869. The van der Waals surface area contributed by atoms with Crippen LogP contribution >= 0.6 is 0 Å². The number of rotatable bonds is 10. The molecule has 1 aliphatic carbocycles. The van der Waals surface area contributed by atoms with E-state index in [1.165, 1.54) is 0 Å². The fraction of sp³-hybridized carbons (Fsp3) is 0.462. The molecular formula is C26H35NO5Si. The van der Waals surface area contributed by atoms with E-state index in [4.69, 9.17) is 13.9 Å². The molecule has 0 radical (unpaired) electrons. The van der Waals surface area contributed by atoms with Gasteiger partial charge in [-0.3, -0.25) is 4.79 Å². The summed E-state index contributed by atoms with van der Waals surface area (Å²) in [6.07, 6.45) is 1.79. The SMILES string of the molecule is CC(C)(C)[Si](C)(C)OC[C@@H](NC(=O)OCc1ccccc1)C(=O)c1ccc(OC2CC2)cc1. The van der Waals surface area contributed by atoms with Crippen molar-refractivity contribution in [3.8, 4) is 5.75 Å². The van der Waals surface area contributed by atoms with Crippen molar-refractivity contribution in [3.05, 3.63) is 65.7 Å². The molecule has 6 nitrogen and oxygen atoms in total. The van der Waals surface area contributed by atoms with Crippen molar-refractivity contribution in [2.24, 2.45) is 0 Å². The van der Waals surface area contributed by atoms with Crippen LogP contribution in [-0.4, -0.2) is 38.9 Å². The van der Waals surface area contributed by atoms with E-state index in [-0.39, 0.29) is 24.0 Å². The molecule has 7 heteroatoms. The van der Waals surface area contributed by atoms with Gasteiger partial charge in [-0.05, 0) is 60.8 Å². The number of ether oxygens (including phenoxy) is 2. The predicted octanol–water partition coefficient (Wildman–Crippen LogP) is 5.73. The van der Waals surface area contributed by atoms with Crippen LogP contribution < -0.4 is 10.1 Å². The highest BCUT2D eigenvalue weighted by Crippen LogP contribution is 2.36. The summed E-state index contributed by atoms with van der Waals surface area (Å²) in [5, 5.41) is 2.70. The van der Waals surface area contributed by atoms with Gasteiger partial charge in [-0.2, -0.15) is 0 Å². The van der Waals surface area contributed by atoms with Gasteiger partial charge >= 0.3 is 6.09 Å². The lowest BCUT2D eigenvalue weighted by atomic mass is 10.0. The van der Waals surface area contributed by atoms with Gasteiger partial charge in [0.15, 0.2) is 14.1 Å². The van der Waals surface area contributed by atoms with E-state index in [0.717, 1.165) is 24.2 Å². The molecule has 33 heavy (non-hydrogen) atoms. The highest BCUT2D eigenvalue weighted by atomic mass is 28.4. The number of carbonyl (C=O) groups excluding carboxylic acids is 2. The smallest absolute Gasteiger partial charge is 0.408 e. The van der Waals surface area contributed by atoms with Gasteiger partial charge in [-0.15, -0.1) is 0 Å². The third kappa shape index (κ3) is 7.44. The third-order valence-electron chi connectivity index (χ3n) is 6.20. The van der Waals surface area contributed by atoms with Crippen molar-refractivity contribution in [3.63, 3.8) is 0 Å². The van der Waals surface area contributed by atoms with Crippen LogP contribution in [-0.2, 0) is 15.8 Å². The first-order chi connectivity index (χ1) is 15.5. The molecule has 2 aromatic rings. The van der Waals surface area contributed by atoms with Gasteiger partial charge in [-0.25, -0.2) is 4.79 Å². The van der Waals surface area contributed by atoms with E-state index in [1.54, 1.807) is 24.3 Å². The fourth-order valence-electron chi connectivity index (χ4n) is 2.88. The van der Waals surface area contributed by atoms with Crippen LogP contribution in [0.4, 0.5) is 4.79 Å².